The number of nitrogens with two attached hydrogens (primary N) is 1. The van der Waals surface area contributed by atoms with Crippen molar-refractivity contribution in [2.24, 2.45) is 5.73 Å². The van der Waals surface area contributed by atoms with Crippen LogP contribution in [0, 0.1) is 0 Å². The van der Waals surface area contributed by atoms with E-state index in [0.717, 1.165) is 10.0 Å². The molecule has 1 saturated heterocycles. The van der Waals surface area contributed by atoms with Gasteiger partial charge in [0.05, 0.1) is 6.04 Å². The maximum Gasteiger partial charge on any atom is 0.225 e. The fourth-order valence-electron chi connectivity index (χ4n) is 2.64. The van der Waals surface area contributed by atoms with E-state index in [1.807, 2.05) is 49.9 Å². The maximum absolute atomic E-state index is 12.1. The van der Waals surface area contributed by atoms with E-state index in [-0.39, 0.29) is 23.5 Å². The summed E-state index contributed by atoms with van der Waals surface area (Å²) in [5.74, 6) is 0.139. The van der Waals surface area contributed by atoms with Crippen LogP contribution in [0.3, 0.4) is 0 Å². The van der Waals surface area contributed by atoms with Gasteiger partial charge in [0.15, 0.2) is 0 Å². The third-order valence-electron chi connectivity index (χ3n) is 3.28. The van der Waals surface area contributed by atoms with Crippen LogP contribution < -0.4 is 5.73 Å². The molecule has 3 nitrogen and oxygen atoms in total. The monoisotopic (exact) mass is 310 g/mol. The van der Waals surface area contributed by atoms with Crippen LogP contribution in [-0.2, 0) is 4.79 Å². The zero-order valence-electron chi connectivity index (χ0n) is 11.0. The first-order valence-electron chi connectivity index (χ1n) is 6.14. The molecule has 1 heterocycles. The quantitative estimate of drug-likeness (QED) is 0.867. The van der Waals surface area contributed by atoms with Crippen LogP contribution in [0.2, 0.25) is 0 Å². The van der Waals surface area contributed by atoms with Crippen LogP contribution in [0.25, 0.3) is 0 Å². The zero-order chi connectivity index (χ0) is 13.5. The summed E-state index contributed by atoms with van der Waals surface area (Å²) >= 11 is 3.47. The summed E-state index contributed by atoms with van der Waals surface area (Å²) in [4.78, 5) is 14.1. The molecule has 98 valence electrons. The number of likely N-dealkylation sites (tertiary alicyclic amines) is 1. The van der Waals surface area contributed by atoms with Crippen LogP contribution in [-0.4, -0.2) is 22.4 Å². The van der Waals surface area contributed by atoms with Gasteiger partial charge >= 0.3 is 0 Å². The molecule has 2 atom stereocenters. The van der Waals surface area contributed by atoms with E-state index < -0.39 is 0 Å². The van der Waals surface area contributed by atoms with Crippen LogP contribution in [0.4, 0.5) is 0 Å². The fraction of sp³-hybridized carbons (Fsp3) is 0.500. The highest BCUT2D eigenvalue weighted by Crippen LogP contribution is 2.38. The Hall–Kier alpha value is -0.870. The van der Waals surface area contributed by atoms with Crippen molar-refractivity contribution in [3.05, 3.63) is 34.3 Å². The van der Waals surface area contributed by atoms with Crippen LogP contribution >= 0.6 is 15.9 Å². The molecule has 0 saturated carbocycles. The van der Waals surface area contributed by atoms with Crippen LogP contribution in [0.5, 0.6) is 0 Å². The van der Waals surface area contributed by atoms with E-state index in [1.54, 1.807) is 0 Å². The van der Waals surface area contributed by atoms with E-state index >= 15 is 0 Å². The summed E-state index contributed by atoms with van der Waals surface area (Å²) in [6.07, 6.45) is 0.425. The molecule has 2 rings (SSSR count). The summed E-state index contributed by atoms with van der Waals surface area (Å²) in [6.45, 7) is 6.15. The minimum Gasteiger partial charge on any atom is -0.329 e. The molecule has 1 aromatic rings. The SMILES string of the molecule is CC(C)(C)N1C(=O)CC(N)C1c1cccc(Br)c1. The Morgan fingerprint density at radius 1 is 1.39 bits per heavy atom. The lowest BCUT2D eigenvalue weighted by atomic mass is 9.97. The number of amides is 1. The molecule has 2 unspecified atom stereocenters. The predicted octanol–water partition coefficient (Wildman–Crippen LogP) is 2.85. The Kier molecular flexibility index (Phi) is 3.52. The normalized spacial score (nSPS) is 24.7. The number of carbonyl (C=O) groups is 1. The molecule has 0 bridgehead atoms. The van der Waals surface area contributed by atoms with Gasteiger partial charge in [0.1, 0.15) is 0 Å². The lowest BCUT2D eigenvalue weighted by Gasteiger charge is -2.38. The standard InChI is InChI=1S/C14H19BrN2O/c1-14(2,3)17-12(18)8-11(16)13(17)9-5-4-6-10(15)7-9/h4-7,11,13H,8,16H2,1-3H3. The number of hydrogen-bond donors (Lipinski definition) is 1. The number of nitrogens with zero attached hydrogens (tertiary/aromatic N) is 1. The summed E-state index contributed by atoms with van der Waals surface area (Å²) in [5.41, 5.74) is 7.05. The van der Waals surface area contributed by atoms with Gasteiger partial charge in [-0.05, 0) is 38.5 Å². The van der Waals surface area contributed by atoms with Gasteiger partial charge in [-0.3, -0.25) is 4.79 Å². The molecule has 0 radical (unpaired) electrons. The van der Waals surface area contributed by atoms with E-state index in [0.29, 0.717) is 6.42 Å². The zero-order valence-corrected chi connectivity index (χ0v) is 12.6. The molecule has 1 amide bonds. The molecule has 1 aliphatic rings. The third-order valence-corrected chi connectivity index (χ3v) is 3.77. The van der Waals surface area contributed by atoms with Crippen molar-refractivity contribution in [3.8, 4) is 0 Å². The van der Waals surface area contributed by atoms with Crippen molar-refractivity contribution in [3.63, 3.8) is 0 Å². The van der Waals surface area contributed by atoms with Gasteiger partial charge in [0.2, 0.25) is 5.91 Å². The molecular formula is C14H19BrN2O. The number of rotatable bonds is 1. The Bertz CT molecular complexity index is 467. The first kappa shape index (κ1) is 13.6. The topological polar surface area (TPSA) is 46.3 Å². The molecule has 0 aliphatic carbocycles. The Balaban J connectivity index is 2.43. The van der Waals surface area contributed by atoms with Crippen molar-refractivity contribution in [1.29, 1.82) is 0 Å². The van der Waals surface area contributed by atoms with Crippen LogP contribution in [0.15, 0.2) is 28.7 Å². The predicted molar refractivity (Wildman–Crippen MR) is 76.1 cm³/mol. The highest BCUT2D eigenvalue weighted by molar-refractivity contribution is 9.10. The molecule has 4 heteroatoms. The number of carbonyl (C=O) groups excluding carboxylic acids is 1. The highest BCUT2D eigenvalue weighted by atomic mass is 79.9. The third kappa shape index (κ3) is 2.45. The lowest BCUT2D eigenvalue weighted by Crippen LogP contribution is -2.45. The average molecular weight is 311 g/mol. The number of benzene rings is 1. The largest absolute Gasteiger partial charge is 0.329 e. The van der Waals surface area contributed by atoms with Crippen molar-refractivity contribution in [2.45, 2.75) is 44.8 Å². The Morgan fingerprint density at radius 3 is 2.61 bits per heavy atom. The van der Waals surface area contributed by atoms with Crippen LogP contribution in [0.1, 0.15) is 38.8 Å². The van der Waals surface area contributed by atoms with E-state index in [2.05, 4.69) is 15.9 Å². The van der Waals surface area contributed by atoms with Crippen molar-refractivity contribution < 1.29 is 4.79 Å². The molecular weight excluding hydrogens is 292 g/mol. The minimum atomic E-state index is -0.210. The Labute approximate surface area is 116 Å². The van der Waals surface area contributed by atoms with E-state index in [9.17, 15) is 4.79 Å². The second-order valence-corrected chi connectivity index (χ2v) is 6.72. The minimum absolute atomic E-state index is 0.0324. The molecule has 1 aliphatic heterocycles. The second-order valence-electron chi connectivity index (χ2n) is 5.80. The second kappa shape index (κ2) is 4.67. The number of hydrogen-bond acceptors (Lipinski definition) is 2. The summed E-state index contributed by atoms with van der Waals surface area (Å²) in [6, 6.07) is 7.87. The van der Waals surface area contributed by atoms with Gasteiger partial charge in [-0.25, -0.2) is 0 Å². The van der Waals surface area contributed by atoms with Crippen molar-refractivity contribution in [2.75, 3.05) is 0 Å². The average Bonchev–Trinajstić information content (AvgIpc) is 2.53. The summed E-state index contributed by atoms with van der Waals surface area (Å²) < 4.78 is 1.01. The Morgan fingerprint density at radius 2 is 2.06 bits per heavy atom. The molecule has 1 aromatic carbocycles. The smallest absolute Gasteiger partial charge is 0.225 e. The first-order chi connectivity index (χ1) is 8.30. The molecule has 0 spiro atoms. The van der Waals surface area contributed by atoms with E-state index in [4.69, 9.17) is 5.73 Å². The van der Waals surface area contributed by atoms with Gasteiger partial charge in [-0.1, -0.05) is 28.1 Å². The van der Waals surface area contributed by atoms with E-state index in [1.165, 1.54) is 0 Å². The van der Waals surface area contributed by atoms with Gasteiger partial charge in [-0.2, -0.15) is 0 Å². The van der Waals surface area contributed by atoms with Crippen molar-refractivity contribution >= 4 is 21.8 Å². The number of halogens is 1. The molecule has 18 heavy (non-hydrogen) atoms. The van der Waals surface area contributed by atoms with Gasteiger partial charge in [0.25, 0.3) is 0 Å². The fourth-order valence-corrected chi connectivity index (χ4v) is 3.05. The first-order valence-corrected chi connectivity index (χ1v) is 6.93. The summed E-state index contributed by atoms with van der Waals surface area (Å²) in [7, 11) is 0. The molecule has 1 fully saturated rings. The van der Waals surface area contributed by atoms with Gasteiger partial charge in [0, 0.05) is 22.5 Å². The molecule has 0 aromatic heterocycles. The lowest BCUT2D eigenvalue weighted by molar-refractivity contribution is -0.133. The highest BCUT2D eigenvalue weighted by Gasteiger charge is 2.43. The molecule has 2 N–H and O–H groups in total. The van der Waals surface area contributed by atoms with Crippen molar-refractivity contribution in [1.82, 2.24) is 4.90 Å². The maximum atomic E-state index is 12.1. The van der Waals surface area contributed by atoms with Gasteiger partial charge < -0.3 is 10.6 Å². The summed E-state index contributed by atoms with van der Waals surface area (Å²) in [5, 5.41) is 0. The van der Waals surface area contributed by atoms with Gasteiger partial charge in [-0.15, -0.1) is 0 Å².